The van der Waals surface area contributed by atoms with Crippen LogP contribution in [-0.2, 0) is 12.8 Å². The second kappa shape index (κ2) is 14.0. The van der Waals surface area contributed by atoms with E-state index in [-0.39, 0.29) is 0 Å². The Labute approximate surface area is 264 Å². The number of fused-ring (bicyclic) bond motifs is 1. The molecule has 0 saturated carbocycles. The van der Waals surface area contributed by atoms with Gasteiger partial charge in [0.1, 0.15) is 13.2 Å². The molecule has 5 aromatic rings. The average Bonchev–Trinajstić information content (AvgIpc) is 3.82. The first kappa shape index (κ1) is 29.2. The molecule has 0 saturated heterocycles. The molecule has 0 amide bonds. The van der Waals surface area contributed by atoms with Crippen LogP contribution in [0.15, 0.2) is 47.2 Å². The number of hydrogen-bond acceptors (Lipinski definition) is 7. The Morgan fingerprint density at radius 1 is 0.512 bits per heavy atom. The molecule has 1 aliphatic heterocycles. The van der Waals surface area contributed by atoms with Crippen molar-refractivity contribution < 1.29 is 9.47 Å². The molecule has 6 heterocycles. The van der Waals surface area contributed by atoms with E-state index in [1.54, 1.807) is 0 Å². The zero-order valence-corrected chi connectivity index (χ0v) is 28.0. The summed E-state index contributed by atoms with van der Waals surface area (Å²) < 4.78 is 12.5. The Bertz CT molecular complexity index is 1430. The van der Waals surface area contributed by atoms with E-state index in [4.69, 9.17) is 9.47 Å². The average molecular weight is 639 g/mol. The summed E-state index contributed by atoms with van der Waals surface area (Å²) in [6.45, 7) is 5.76. The summed E-state index contributed by atoms with van der Waals surface area (Å²) in [5, 5.41) is 4.51. The molecule has 216 valence electrons. The Morgan fingerprint density at radius 2 is 0.951 bits per heavy atom. The number of aryl methyl sites for hydroxylation is 2. The number of unbranched alkanes of at least 4 members (excludes halogenated alkanes) is 6. The first-order valence-corrected chi connectivity index (χ1v) is 19.2. The van der Waals surface area contributed by atoms with Crippen LogP contribution in [0.2, 0.25) is 0 Å². The summed E-state index contributed by atoms with van der Waals surface area (Å²) >= 11 is 9.36. The molecular weight excluding hydrogens is 601 g/mol. The first-order chi connectivity index (χ1) is 20.3. The Balaban J connectivity index is 1.26. The lowest BCUT2D eigenvalue weighted by Crippen LogP contribution is -2.14. The van der Waals surface area contributed by atoms with Gasteiger partial charge in [-0.15, -0.1) is 56.7 Å². The third-order valence-corrected chi connectivity index (χ3v) is 13.6. The van der Waals surface area contributed by atoms with Gasteiger partial charge in [-0.25, -0.2) is 0 Å². The number of rotatable bonds is 14. The molecule has 0 atom stereocenters. The van der Waals surface area contributed by atoms with Gasteiger partial charge in [0.2, 0.25) is 0 Å². The molecule has 1 aliphatic rings. The highest BCUT2D eigenvalue weighted by Gasteiger charge is 2.28. The number of thiophene rings is 5. The second-order valence-corrected chi connectivity index (χ2v) is 15.6. The van der Waals surface area contributed by atoms with E-state index >= 15 is 0 Å². The Kier molecular flexibility index (Phi) is 10.00. The summed E-state index contributed by atoms with van der Waals surface area (Å²) in [5.74, 6) is 1.86. The third-order valence-electron chi connectivity index (χ3n) is 7.60. The Morgan fingerprint density at radius 3 is 1.39 bits per heavy atom. The van der Waals surface area contributed by atoms with Crippen molar-refractivity contribution >= 4 is 56.7 Å². The van der Waals surface area contributed by atoms with E-state index in [0.29, 0.717) is 13.2 Å². The van der Waals surface area contributed by atoms with Crippen molar-refractivity contribution in [3.05, 3.63) is 58.3 Å². The summed E-state index contributed by atoms with van der Waals surface area (Å²) in [6.07, 6.45) is 12.8. The van der Waals surface area contributed by atoms with Crippen LogP contribution in [-0.4, -0.2) is 13.2 Å². The molecule has 41 heavy (non-hydrogen) atoms. The van der Waals surface area contributed by atoms with Crippen molar-refractivity contribution in [1.82, 2.24) is 0 Å². The fourth-order valence-corrected chi connectivity index (χ4v) is 11.1. The predicted octanol–water partition coefficient (Wildman–Crippen LogP) is 12.7. The largest absolute Gasteiger partial charge is 0.485 e. The molecule has 7 heteroatoms. The van der Waals surface area contributed by atoms with Crippen molar-refractivity contribution in [2.75, 3.05) is 13.2 Å². The van der Waals surface area contributed by atoms with Crippen LogP contribution in [0.5, 0.6) is 11.5 Å². The maximum Gasteiger partial charge on any atom is 0.181 e. The van der Waals surface area contributed by atoms with Gasteiger partial charge in [0.15, 0.2) is 11.5 Å². The van der Waals surface area contributed by atoms with Crippen LogP contribution in [0.1, 0.15) is 76.3 Å². The summed E-state index contributed by atoms with van der Waals surface area (Å²) in [6, 6.07) is 13.8. The van der Waals surface area contributed by atoms with Crippen LogP contribution >= 0.6 is 56.7 Å². The van der Waals surface area contributed by atoms with Gasteiger partial charge in [-0.1, -0.05) is 52.4 Å². The van der Waals surface area contributed by atoms with Crippen molar-refractivity contribution in [3.63, 3.8) is 0 Å². The minimum absolute atomic E-state index is 0.605. The molecular formula is C34H38O2S5. The van der Waals surface area contributed by atoms with Gasteiger partial charge in [0, 0.05) is 29.3 Å². The van der Waals surface area contributed by atoms with Crippen LogP contribution in [0.3, 0.4) is 0 Å². The van der Waals surface area contributed by atoms with Crippen molar-refractivity contribution in [1.29, 1.82) is 0 Å². The minimum atomic E-state index is 0.605. The molecule has 0 spiro atoms. The van der Waals surface area contributed by atoms with Gasteiger partial charge >= 0.3 is 0 Å². The van der Waals surface area contributed by atoms with Crippen LogP contribution in [0, 0.1) is 0 Å². The smallest absolute Gasteiger partial charge is 0.181 e. The molecule has 5 aromatic heterocycles. The molecule has 0 radical (unpaired) electrons. The first-order valence-electron chi connectivity index (χ1n) is 15.0. The van der Waals surface area contributed by atoms with Crippen molar-refractivity contribution in [3.8, 4) is 50.5 Å². The zero-order chi connectivity index (χ0) is 28.0. The monoisotopic (exact) mass is 638 g/mol. The molecule has 0 fully saturated rings. The van der Waals surface area contributed by atoms with Crippen LogP contribution in [0.4, 0.5) is 0 Å². The molecule has 0 N–H and O–H groups in total. The minimum Gasteiger partial charge on any atom is -0.485 e. The predicted molar refractivity (Wildman–Crippen MR) is 184 cm³/mol. The Hall–Kier alpha value is -1.90. The molecule has 0 aromatic carbocycles. The van der Waals surface area contributed by atoms with E-state index in [9.17, 15) is 0 Å². The van der Waals surface area contributed by atoms with Gasteiger partial charge < -0.3 is 9.47 Å². The lowest BCUT2D eigenvalue weighted by Gasteiger charge is -2.16. The lowest BCUT2D eigenvalue weighted by atomic mass is 10.1. The molecule has 6 rings (SSSR count). The summed E-state index contributed by atoms with van der Waals surface area (Å²) in [7, 11) is 0. The second-order valence-electron chi connectivity index (χ2n) is 10.6. The van der Waals surface area contributed by atoms with Crippen molar-refractivity contribution in [2.24, 2.45) is 0 Å². The maximum absolute atomic E-state index is 6.27. The maximum atomic E-state index is 6.27. The topological polar surface area (TPSA) is 18.5 Å². The van der Waals surface area contributed by atoms with E-state index < -0.39 is 0 Å². The van der Waals surface area contributed by atoms with Crippen LogP contribution < -0.4 is 9.47 Å². The third kappa shape index (κ3) is 6.54. The molecule has 0 bridgehead atoms. The number of ether oxygens (including phenoxy) is 2. The highest BCUT2D eigenvalue weighted by molar-refractivity contribution is 7.30. The molecule has 0 aliphatic carbocycles. The van der Waals surface area contributed by atoms with Crippen LogP contribution in [0.25, 0.3) is 39.0 Å². The van der Waals surface area contributed by atoms with Gasteiger partial charge in [-0.2, -0.15) is 0 Å². The van der Waals surface area contributed by atoms with Crippen molar-refractivity contribution in [2.45, 2.75) is 78.1 Å². The SMILES string of the molecule is CCCCCCc1ccsc1-c1ccc(-c2sc(-c3ccc(-c4sccc4CCCCCC)s3)c3c2OCCO3)s1. The fraction of sp³-hybridized carbons (Fsp3) is 0.412. The zero-order valence-electron chi connectivity index (χ0n) is 24.0. The van der Waals surface area contributed by atoms with E-state index in [0.717, 1.165) is 11.5 Å². The number of hydrogen-bond donors (Lipinski definition) is 0. The summed E-state index contributed by atoms with van der Waals surface area (Å²) in [4.78, 5) is 10.5. The van der Waals surface area contributed by atoms with Gasteiger partial charge in [0.05, 0.1) is 9.75 Å². The molecule has 0 unspecified atom stereocenters. The van der Waals surface area contributed by atoms with E-state index in [2.05, 4.69) is 61.0 Å². The van der Waals surface area contributed by atoms with Gasteiger partial charge in [-0.05, 0) is 84.0 Å². The van der Waals surface area contributed by atoms with E-state index in [1.807, 2.05) is 56.7 Å². The van der Waals surface area contributed by atoms with E-state index in [1.165, 1.54) is 114 Å². The van der Waals surface area contributed by atoms with Gasteiger partial charge in [-0.3, -0.25) is 0 Å². The quantitative estimate of drug-likeness (QED) is 0.113. The van der Waals surface area contributed by atoms with Gasteiger partial charge in [0.25, 0.3) is 0 Å². The summed E-state index contributed by atoms with van der Waals surface area (Å²) in [5.41, 5.74) is 3.00. The fourth-order valence-electron chi connectivity index (χ4n) is 5.42. The highest BCUT2D eigenvalue weighted by atomic mass is 32.1. The molecule has 2 nitrogen and oxygen atoms in total. The standard InChI is InChI=1S/C34H38O2S5/c1-3-5-7-9-11-23-17-21-37-31(23)25-13-15-27(39-25)33-29-30(36-20-19-35-29)34(41-33)28-16-14-26(40-28)32-24(18-22-38-32)12-10-8-6-4-2/h13-18,21-22H,3-12,19-20H2,1-2H3. The normalized spacial score (nSPS) is 12.8. The lowest BCUT2D eigenvalue weighted by molar-refractivity contribution is 0.175. The highest BCUT2D eigenvalue weighted by Crippen LogP contribution is 2.57.